The van der Waals surface area contributed by atoms with Gasteiger partial charge in [-0.1, -0.05) is 11.6 Å². The molecule has 0 bridgehead atoms. The van der Waals surface area contributed by atoms with Crippen molar-refractivity contribution in [2.24, 2.45) is 0 Å². The summed E-state index contributed by atoms with van der Waals surface area (Å²) in [5.74, 6) is -0.140. The zero-order valence-electron chi connectivity index (χ0n) is 8.35. The summed E-state index contributed by atoms with van der Waals surface area (Å²) in [7, 11) is 0. The Labute approximate surface area is 97.7 Å². The molecule has 1 fully saturated rings. The minimum Gasteiger partial charge on any atom is -0.391 e. The van der Waals surface area contributed by atoms with E-state index in [9.17, 15) is 9.90 Å². The summed E-state index contributed by atoms with van der Waals surface area (Å²) in [4.78, 5) is 13.0. The van der Waals surface area contributed by atoms with Crippen molar-refractivity contribution in [2.45, 2.75) is 12.5 Å². The predicted molar refractivity (Wildman–Crippen MR) is 59.1 cm³/mol. The molecule has 5 heteroatoms. The number of amides is 1. The number of hydrogen-bond donors (Lipinski definition) is 1. The van der Waals surface area contributed by atoms with Crippen LogP contribution in [0.25, 0.3) is 0 Å². The van der Waals surface area contributed by atoms with E-state index in [4.69, 9.17) is 16.9 Å². The molecule has 16 heavy (non-hydrogen) atoms. The van der Waals surface area contributed by atoms with Crippen LogP contribution in [0.3, 0.4) is 0 Å². The summed E-state index contributed by atoms with van der Waals surface area (Å²) in [6.45, 7) is 0.269. The van der Waals surface area contributed by atoms with Crippen molar-refractivity contribution in [2.75, 3.05) is 11.4 Å². The van der Waals surface area contributed by atoms with Crippen LogP contribution >= 0.6 is 11.6 Å². The molecule has 1 aliphatic heterocycles. The third-order valence-electron chi connectivity index (χ3n) is 2.49. The first-order valence-corrected chi connectivity index (χ1v) is 5.17. The van der Waals surface area contributed by atoms with Gasteiger partial charge in [-0.15, -0.1) is 0 Å². The highest BCUT2D eigenvalue weighted by Gasteiger charge is 2.29. The molecule has 4 nitrogen and oxygen atoms in total. The molecular formula is C11H9ClN2O2. The van der Waals surface area contributed by atoms with Crippen LogP contribution in [0, 0.1) is 11.3 Å². The van der Waals surface area contributed by atoms with Crippen LogP contribution in [0.5, 0.6) is 0 Å². The van der Waals surface area contributed by atoms with Crippen LogP contribution in [-0.2, 0) is 4.79 Å². The Morgan fingerprint density at radius 3 is 2.88 bits per heavy atom. The lowest BCUT2D eigenvalue weighted by molar-refractivity contribution is -0.117. The molecule has 1 atom stereocenters. The number of aliphatic hydroxyl groups is 1. The molecule has 0 spiro atoms. The largest absolute Gasteiger partial charge is 0.391 e. The average Bonchev–Trinajstić information content (AvgIpc) is 2.59. The molecule has 1 heterocycles. The minimum absolute atomic E-state index is 0.129. The number of hydrogen-bond acceptors (Lipinski definition) is 3. The number of nitrogens with zero attached hydrogens (tertiary/aromatic N) is 2. The van der Waals surface area contributed by atoms with E-state index in [0.29, 0.717) is 16.3 Å². The van der Waals surface area contributed by atoms with Crippen molar-refractivity contribution in [3.8, 4) is 6.07 Å². The van der Waals surface area contributed by atoms with Gasteiger partial charge in [0.25, 0.3) is 0 Å². The number of halogens is 1. The van der Waals surface area contributed by atoms with Gasteiger partial charge in [-0.2, -0.15) is 5.26 Å². The lowest BCUT2D eigenvalue weighted by Crippen LogP contribution is -2.25. The fourth-order valence-corrected chi connectivity index (χ4v) is 1.86. The molecule has 1 aromatic carbocycles. The SMILES string of the molecule is N#Cc1cc(N2CC(O)CC2=O)ccc1Cl. The van der Waals surface area contributed by atoms with Crippen molar-refractivity contribution >= 4 is 23.2 Å². The van der Waals surface area contributed by atoms with Crippen LogP contribution in [-0.4, -0.2) is 23.7 Å². The lowest BCUT2D eigenvalue weighted by Gasteiger charge is -2.16. The molecule has 1 saturated heterocycles. The van der Waals surface area contributed by atoms with Gasteiger partial charge in [0.1, 0.15) is 6.07 Å². The Balaban J connectivity index is 2.35. The molecule has 2 rings (SSSR count). The van der Waals surface area contributed by atoms with Gasteiger partial charge >= 0.3 is 0 Å². The van der Waals surface area contributed by atoms with Gasteiger partial charge in [-0.25, -0.2) is 0 Å². The minimum atomic E-state index is -0.631. The van der Waals surface area contributed by atoms with Crippen LogP contribution in [0.2, 0.25) is 5.02 Å². The first-order chi connectivity index (χ1) is 7.61. The third kappa shape index (κ3) is 1.87. The van der Waals surface area contributed by atoms with E-state index in [1.165, 1.54) is 4.90 Å². The molecule has 0 aliphatic carbocycles. The summed E-state index contributed by atoms with van der Waals surface area (Å²) in [5, 5.41) is 18.5. The molecule has 82 valence electrons. The number of anilines is 1. The Kier molecular flexibility index (Phi) is 2.82. The van der Waals surface area contributed by atoms with Gasteiger partial charge < -0.3 is 10.0 Å². The highest BCUT2D eigenvalue weighted by atomic mass is 35.5. The van der Waals surface area contributed by atoms with Gasteiger partial charge in [0.15, 0.2) is 0 Å². The maximum absolute atomic E-state index is 11.5. The highest BCUT2D eigenvalue weighted by Crippen LogP contribution is 2.26. The second-order valence-electron chi connectivity index (χ2n) is 3.64. The second-order valence-corrected chi connectivity index (χ2v) is 4.05. The molecule has 1 aromatic rings. The van der Waals surface area contributed by atoms with E-state index in [1.807, 2.05) is 6.07 Å². The summed E-state index contributed by atoms with van der Waals surface area (Å²) in [5.41, 5.74) is 0.927. The van der Waals surface area contributed by atoms with Crippen LogP contribution in [0.1, 0.15) is 12.0 Å². The van der Waals surface area contributed by atoms with Crippen molar-refractivity contribution in [1.29, 1.82) is 5.26 Å². The fraction of sp³-hybridized carbons (Fsp3) is 0.273. The molecule has 0 saturated carbocycles. The zero-order chi connectivity index (χ0) is 11.7. The average molecular weight is 237 g/mol. The smallest absolute Gasteiger partial charge is 0.229 e. The molecule has 1 aliphatic rings. The zero-order valence-corrected chi connectivity index (χ0v) is 9.11. The maximum atomic E-state index is 11.5. The molecule has 1 amide bonds. The first-order valence-electron chi connectivity index (χ1n) is 4.80. The Hall–Kier alpha value is -1.57. The third-order valence-corrected chi connectivity index (χ3v) is 2.82. The van der Waals surface area contributed by atoms with E-state index in [0.717, 1.165) is 0 Å². The Morgan fingerprint density at radius 1 is 1.56 bits per heavy atom. The van der Waals surface area contributed by atoms with E-state index in [2.05, 4.69) is 0 Å². The van der Waals surface area contributed by atoms with Crippen molar-refractivity contribution in [1.82, 2.24) is 0 Å². The molecule has 0 radical (unpaired) electrons. The molecular weight excluding hydrogens is 228 g/mol. The number of carbonyl (C=O) groups is 1. The number of nitriles is 1. The maximum Gasteiger partial charge on any atom is 0.229 e. The number of rotatable bonds is 1. The van der Waals surface area contributed by atoms with Gasteiger partial charge in [-0.05, 0) is 18.2 Å². The van der Waals surface area contributed by atoms with Gasteiger partial charge in [0.2, 0.25) is 5.91 Å². The topological polar surface area (TPSA) is 64.3 Å². The lowest BCUT2D eigenvalue weighted by atomic mass is 10.2. The van der Waals surface area contributed by atoms with Gasteiger partial charge in [0.05, 0.1) is 29.7 Å². The summed E-state index contributed by atoms with van der Waals surface area (Å²) < 4.78 is 0. The fourth-order valence-electron chi connectivity index (χ4n) is 1.71. The van der Waals surface area contributed by atoms with E-state index in [1.54, 1.807) is 18.2 Å². The quantitative estimate of drug-likeness (QED) is 0.800. The normalized spacial score (nSPS) is 19.9. The number of benzene rings is 1. The highest BCUT2D eigenvalue weighted by molar-refractivity contribution is 6.31. The molecule has 1 unspecified atom stereocenters. The second kappa shape index (κ2) is 4.12. The van der Waals surface area contributed by atoms with E-state index >= 15 is 0 Å². The molecule has 1 N–H and O–H groups in total. The van der Waals surface area contributed by atoms with Crippen LogP contribution in [0.4, 0.5) is 5.69 Å². The van der Waals surface area contributed by atoms with E-state index in [-0.39, 0.29) is 18.9 Å². The van der Waals surface area contributed by atoms with Gasteiger partial charge in [0, 0.05) is 5.69 Å². The number of aliphatic hydroxyl groups excluding tert-OH is 1. The first kappa shape index (κ1) is 10.9. The number of β-amino-alcohol motifs (C(OH)–C–C–N with tert-alkyl or cyclic N) is 1. The monoisotopic (exact) mass is 236 g/mol. The summed E-state index contributed by atoms with van der Waals surface area (Å²) in [6, 6.07) is 6.75. The predicted octanol–water partition coefficient (Wildman–Crippen LogP) is 1.31. The van der Waals surface area contributed by atoms with Crippen LogP contribution in [0.15, 0.2) is 18.2 Å². The van der Waals surface area contributed by atoms with Crippen molar-refractivity contribution in [3.63, 3.8) is 0 Å². The summed E-state index contributed by atoms with van der Waals surface area (Å²) in [6.07, 6.45) is -0.501. The van der Waals surface area contributed by atoms with Gasteiger partial charge in [-0.3, -0.25) is 4.79 Å². The summed E-state index contributed by atoms with van der Waals surface area (Å²) >= 11 is 5.79. The standard InChI is InChI=1S/C11H9ClN2O2/c12-10-2-1-8(3-7(10)5-13)14-6-9(15)4-11(14)16/h1-3,9,15H,4,6H2. The Morgan fingerprint density at radius 2 is 2.31 bits per heavy atom. The van der Waals surface area contributed by atoms with Crippen molar-refractivity contribution < 1.29 is 9.90 Å². The Bertz CT molecular complexity index is 481. The van der Waals surface area contributed by atoms with E-state index < -0.39 is 6.10 Å². The molecule has 0 aromatic heterocycles. The van der Waals surface area contributed by atoms with Crippen LogP contribution < -0.4 is 4.90 Å². The number of carbonyl (C=O) groups excluding carboxylic acids is 1. The van der Waals surface area contributed by atoms with Crippen molar-refractivity contribution in [3.05, 3.63) is 28.8 Å².